The predicted octanol–water partition coefficient (Wildman–Crippen LogP) is -0.0148. The van der Waals surface area contributed by atoms with E-state index < -0.39 is 30.0 Å². The number of β-amino-alcohol motifs (C(OH)–C–C–N with tert-alkyl or cyclic N) is 1. The molecule has 0 aromatic carbocycles. The molecule has 1 aliphatic carbocycles. The van der Waals surface area contributed by atoms with Crippen molar-refractivity contribution in [2.24, 2.45) is 17.8 Å². The zero-order valence-corrected chi connectivity index (χ0v) is 13.2. The van der Waals surface area contributed by atoms with Crippen molar-refractivity contribution in [3.05, 3.63) is 0 Å². The third-order valence-corrected chi connectivity index (χ3v) is 5.90. The molecular formula is C16H26N2O5. The standard InChI is InChI=1S/C16H26N2O5/c19-13-4-11(15(20)21)7-18(8-13)12-2-1-9-6-17-14(16(22)23)5-10(9)3-12/h9-14,17,19H,1-8H2,(H,20,21)(H,22,23)/t9-,10+,11+,12-,13+,14-/m0/s1. The number of nitrogens with one attached hydrogen (secondary N) is 1. The van der Waals surface area contributed by atoms with Crippen molar-refractivity contribution in [3.63, 3.8) is 0 Å². The number of hydrogen-bond acceptors (Lipinski definition) is 5. The van der Waals surface area contributed by atoms with E-state index in [1.54, 1.807) is 0 Å². The normalized spacial score (nSPS) is 42.0. The molecule has 7 nitrogen and oxygen atoms in total. The average molecular weight is 326 g/mol. The second kappa shape index (κ2) is 6.75. The lowest BCUT2D eigenvalue weighted by molar-refractivity contribution is -0.147. The van der Waals surface area contributed by atoms with Crippen LogP contribution in [0.1, 0.15) is 32.1 Å². The molecule has 6 atom stereocenters. The van der Waals surface area contributed by atoms with Crippen molar-refractivity contribution >= 4 is 11.9 Å². The van der Waals surface area contributed by atoms with Crippen LogP contribution in [0.5, 0.6) is 0 Å². The Kier molecular flexibility index (Phi) is 4.89. The second-order valence-electron chi connectivity index (χ2n) is 7.40. The highest BCUT2D eigenvalue weighted by atomic mass is 16.4. The molecule has 23 heavy (non-hydrogen) atoms. The second-order valence-corrected chi connectivity index (χ2v) is 7.40. The SMILES string of the molecule is O=C(O)[C@@H]1C[C@@H](O)CN([C@H]2CC[C@H]3CN[C@H](C(=O)O)C[C@H]3C2)C1. The molecule has 2 heterocycles. The monoisotopic (exact) mass is 326 g/mol. The molecule has 130 valence electrons. The van der Waals surface area contributed by atoms with Gasteiger partial charge in [-0.15, -0.1) is 0 Å². The first-order valence-electron chi connectivity index (χ1n) is 8.55. The number of aliphatic hydroxyl groups is 1. The first kappa shape index (κ1) is 16.7. The number of piperidine rings is 2. The first-order chi connectivity index (χ1) is 10.9. The third kappa shape index (κ3) is 3.67. The number of carboxylic acid groups (broad SMARTS) is 2. The Bertz CT molecular complexity index is 471. The first-order valence-corrected chi connectivity index (χ1v) is 8.55. The number of hydrogen-bond donors (Lipinski definition) is 4. The smallest absolute Gasteiger partial charge is 0.320 e. The van der Waals surface area contributed by atoms with E-state index in [4.69, 9.17) is 0 Å². The maximum atomic E-state index is 11.3. The van der Waals surface area contributed by atoms with Crippen LogP contribution < -0.4 is 5.32 Å². The van der Waals surface area contributed by atoms with Gasteiger partial charge >= 0.3 is 11.9 Å². The quantitative estimate of drug-likeness (QED) is 0.577. The lowest BCUT2D eigenvalue weighted by Crippen LogP contribution is -2.55. The molecule has 7 heteroatoms. The Morgan fingerprint density at radius 1 is 0.957 bits per heavy atom. The highest BCUT2D eigenvalue weighted by molar-refractivity contribution is 5.73. The fourth-order valence-corrected chi connectivity index (χ4v) is 4.64. The van der Waals surface area contributed by atoms with Crippen LogP contribution in [0.2, 0.25) is 0 Å². The van der Waals surface area contributed by atoms with Crippen molar-refractivity contribution in [2.45, 2.75) is 50.3 Å². The Morgan fingerprint density at radius 2 is 1.74 bits per heavy atom. The van der Waals surface area contributed by atoms with E-state index >= 15 is 0 Å². The Hall–Kier alpha value is -1.18. The maximum absolute atomic E-state index is 11.3. The largest absolute Gasteiger partial charge is 0.481 e. The van der Waals surface area contributed by atoms with Crippen molar-refractivity contribution in [1.82, 2.24) is 10.2 Å². The van der Waals surface area contributed by atoms with Crippen molar-refractivity contribution in [1.29, 1.82) is 0 Å². The van der Waals surface area contributed by atoms with Gasteiger partial charge in [0.25, 0.3) is 0 Å². The summed E-state index contributed by atoms with van der Waals surface area (Å²) in [5.41, 5.74) is 0. The topological polar surface area (TPSA) is 110 Å². The minimum Gasteiger partial charge on any atom is -0.481 e. The molecule has 0 aromatic rings. The minimum atomic E-state index is -0.838. The van der Waals surface area contributed by atoms with E-state index in [-0.39, 0.29) is 6.04 Å². The third-order valence-electron chi connectivity index (χ3n) is 5.90. The van der Waals surface area contributed by atoms with Gasteiger partial charge in [-0.1, -0.05) is 0 Å². The van der Waals surface area contributed by atoms with E-state index in [0.717, 1.165) is 25.8 Å². The highest BCUT2D eigenvalue weighted by Gasteiger charge is 2.41. The molecular weight excluding hydrogens is 300 g/mol. The zero-order chi connectivity index (χ0) is 16.6. The summed E-state index contributed by atoms with van der Waals surface area (Å²) in [4.78, 5) is 24.6. The number of aliphatic carboxylic acids is 2. The predicted molar refractivity (Wildman–Crippen MR) is 82.0 cm³/mol. The summed E-state index contributed by atoms with van der Waals surface area (Å²) in [7, 11) is 0. The number of carboxylic acids is 2. The van der Waals surface area contributed by atoms with Crippen molar-refractivity contribution < 1.29 is 24.9 Å². The number of fused-ring (bicyclic) bond motifs is 1. The summed E-state index contributed by atoms with van der Waals surface area (Å²) in [5.74, 6) is -1.23. The molecule has 3 aliphatic rings. The lowest BCUT2D eigenvalue weighted by atomic mass is 9.71. The highest BCUT2D eigenvalue weighted by Crippen LogP contribution is 2.38. The fraction of sp³-hybridized carbons (Fsp3) is 0.875. The number of nitrogens with zero attached hydrogens (tertiary/aromatic N) is 1. The van der Waals surface area contributed by atoms with Gasteiger partial charge in [-0.3, -0.25) is 14.5 Å². The molecule has 0 aromatic heterocycles. The van der Waals surface area contributed by atoms with Gasteiger partial charge in [0.05, 0.1) is 12.0 Å². The van der Waals surface area contributed by atoms with Gasteiger partial charge in [-0.05, 0) is 50.5 Å². The van der Waals surface area contributed by atoms with Crippen LogP contribution in [0.3, 0.4) is 0 Å². The molecule has 0 bridgehead atoms. The summed E-state index contributed by atoms with van der Waals surface area (Å²) in [6.07, 6.45) is 3.35. The number of likely N-dealkylation sites (tertiary alicyclic amines) is 1. The van der Waals surface area contributed by atoms with Crippen LogP contribution in [-0.4, -0.2) is 70.0 Å². The maximum Gasteiger partial charge on any atom is 0.320 e. The van der Waals surface area contributed by atoms with E-state index in [1.165, 1.54) is 0 Å². The van der Waals surface area contributed by atoms with Crippen LogP contribution in [-0.2, 0) is 9.59 Å². The number of aliphatic hydroxyl groups excluding tert-OH is 1. The Labute approximate surface area is 135 Å². The molecule has 3 rings (SSSR count). The van der Waals surface area contributed by atoms with Crippen molar-refractivity contribution in [3.8, 4) is 0 Å². The summed E-state index contributed by atoms with van der Waals surface area (Å²) in [6.45, 7) is 1.79. The summed E-state index contributed by atoms with van der Waals surface area (Å²) in [5, 5.41) is 31.5. The van der Waals surface area contributed by atoms with Gasteiger partial charge in [0.15, 0.2) is 0 Å². The Morgan fingerprint density at radius 3 is 2.43 bits per heavy atom. The molecule has 1 saturated carbocycles. The van der Waals surface area contributed by atoms with E-state index in [9.17, 15) is 24.9 Å². The molecule has 4 N–H and O–H groups in total. The average Bonchev–Trinajstić information content (AvgIpc) is 2.53. The van der Waals surface area contributed by atoms with Gasteiger partial charge < -0.3 is 20.6 Å². The van der Waals surface area contributed by atoms with E-state index in [0.29, 0.717) is 37.8 Å². The molecule has 0 unspecified atom stereocenters. The molecule has 2 aliphatic heterocycles. The minimum absolute atomic E-state index is 0.264. The van der Waals surface area contributed by atoms with Crippen LogP contribution in [0, 0.1) is 17.8 Å². The van der Waals surface area contributed by atoms with E-state index in [1.807, 2.05) is 0 Å². The van der Waals surface area contributed by atoms with Gasteiger partial charge in [-0.2, -0.15) is 0 Å². The number of rotatable bonds is 3. The van der Waals surface area contributed by atoms with Crippen molar-refractivity contribution in [2.75, 3.05) is 19.6 Å². The fourth-order valence-electron chi connectivity index (χ4n) is 4.64. The summed E-state index contributed by atoms with van der Waals surface area (Å²) >= 11 is 0. The molecule has 2 saturated heterocycles. The van der Waals surface area contributed by atoms with Gasteiger partial charge in [0.2, 0.25) is 0 Å². The van der Waals surface area contributed by atoms with Gasteiger partial charge in [0.1, 0.15) is 6.04 Å². The van der Waals surface area contributed by atoms with Crippen LogP contribution in [0.25, 0.3) is 0 Å². The zero-order valence-electron chi connectivity index (χ0n) is 13.2. The molecule has 3 fully saturated rings. The van der Waals surface area contributed by atoms with Crippen LogP contribution >= 0.6 is 0 Å². The summed E-state index contributed by atoms with van der Waals surface area (Å²) < 4.78 is 0. The van der Waals surface area contributed by atoms with Crippen LogP contribution in [0.4, 0.5) is 0 Å². The van der Waals surface area contributed by atoms with Gasteiger partial charge in [0, 0.05) is 19.1 Å². The molecule has 0 amide bonds. The van der Waals surface area contributed by atoms with Gasteiger partial charge in [-0.25, -0.2) is 0 Å². The lowest BCUT2D eigenvalue weighted by Gasteiger charge is -2.47. The van der Waals surface area contributed by atoms with Crippen LogP contribution in [0.15, 0.2) is 0 Å². The Balaban J connectivity index is 1.63. The molecule has 0 radical (unpaired) electrons. The van der Waals surface area contributed by atoms with E-state index in [2.05, 4.69) is 10.2 Å². The molecule has 0 spiro atoms. The number of carbonyl (C=O) groups is 2. The summed E-state index contributed by atoms with van der Waals surface area (Å²) in [6, 6.07) is -0.200.